The van der Waals surface area contributed by atoms with E-state index in [-0.39, 0.29) is 5.95 Å². The van der Waals surface area contributed by atoms with Gasteiger partial charge in [-0.05, 0) is 19.8 Å². The third kappa shape index (κ3) is 8.58. The fourth-order valence-corrected chi connectivity index (χ4v) is 3.25. The number of nitrogens with one attached hydrogen (secondary N) is 5. The Morgan fingerprint density at radius 1 is 1.06 bits per heavy atom. The predicted octanol–water partition coefficient (Wildman–Crippen LogP) is -2.14. The molecule has 2 rings (SSSR count). The number of H-pyrrole nitrogens is 1. The van der Waals surface area contributed by atoms with E-state index in [9.17, 15) is 29.7 Å². The van der Waals surface area contributed by atoms with Crippen LogP contribution in [0.1, 0.15) is 31.4 Å². The van der Waals surface area contributed by atoms with Gasteiger partial charge in [-0.2, -0.15) is 4.98 Å². The zero-order chi connectivity index (χ0) is 24.4. The van der Waals surface area contributed by atoms with Gasteiger partial charge < -0.3 is 46.1 Å². The molecule has 9 N–H and O–H groups in total. The molecule has 186 valence electrons. The number of aromatic amines is 1. The molecule has 0 aliphatic carbocycles. The summed E-state index contributed by atoms with van der Waals surface area (Å²) in [6, 6.07) is -1.05. The summed E-state index contributed by atoms with van der Waals surface area (Å²) in [5.74, 6) is 0.0735. The van der Waals surface area contributed by atoms with Gasteiger partial charge in [-0.25, -0.2) is 9.59 Å². The standard InChI is InChI=1S/C19H32N6O8/c1-10-8-12(27)23-17(22-10)25-19(32)21-7-5-3-2-4-6-20-18(31)24-13-15(29)14(28)11(9-26)33-16(13)30/h8,11,13-16,26,28-30H,2-7,9H2,1H3,(H2,20,24,31)(H3,21,22,23,25,27,32)/t11-,13-,14?,15-,16?/m1/s1. The van der Waals surface area contributed by atoms with Gasteiger partial charge in [-0.1, -0.05) is 12.8 Å². The lowest BCUT2D eigenvalue weighted by molar-refractivity contribution is -0.252. The average molecular weight is 472 g/mol. The average Bonchev–Trinajstić information content (AvgIpc) is 2.74. The number of rotatable bonds is 10. The molecule has 4 amide bonds. The molecule has 0 radical (unpaired) electrons. The van der Waals surface area contributed by atoms with Crippen molar-refractivity contribution in [3.05, 3.63) is 22.1 Å². The van der Waals surface area contributed by atoms with Crippen LogP contribution >= 0.6 is 0 Å². The van der Waals surface area contributed by atoms with Gasteiger partial charge in [0.25, 0.3) is 5.56 Å². The van der Waals surface area contributed by atoms with Gasteiger partial charge >= 0.3 is 12.1 Å². The van der Waals surface area contributed by atoms with Gasteiger partial charge in [0.15, 0.2) is 6.29 Å². The Morgan fingerprint density at radius 2 is 1.70 bits per heavy atom. The number of nitrogens with zero attached hydrogens (tertiary/aromatic N) is 1. The summed E-state index contributed by atoms with van der Waals surface area (Å²) in [5.41, 5.74) is 0.135. The van der Waals surface area contributed by atoms with E-state index in [1.807, 2.05) is 0 Å². The number of hydrogen-bond acceptors (Lipinski definition) is 9. The Labute approximate surface area is 189 Å². The Kier molecular flexibility index (Phi) is 10.5. The lowest BCUT2D eigenvalue weighted by Crippen LogP contribution is -2.65. The van der Waals surface area contributed by atoms with Crippen molar-refractivity contribution >= 4 is 18.0 Å². The molecule has 14 nitrogen and oxygen atoms in total. The van der Waals surface area contributed by atoms with Crippen molar-refractivity contribution in [3.63, 3.8) is 0 Å². The molecule has 1 aromatic heterocycles. The zero-order valence-electron chi connectivity index (χ0n) is 18.3. The zero-order valence-corrected chi connectivity index (χ0v) is 18.3. The minimum atomic E-state index is -1.57. The van der Waals surface area contributed by atoms with E-state index in [4.69, 9.17) is 9.84 Å². The number of aromatic nitrogens is 2. The Bertz CT molecular complexity index is 837. The molecule has 1 aromatic rings. The summed E-state index contributed by atoms with van der Waals surface area (Å²) in [6.45, 7) is 1.86. The van der Waals surface area contributed by atoms with E-state index in [0.29, 0.717) is 31.6 Å². The van der Waals surface area contributed by atoms with Crippen molar-refractivity contribution in [3.8, 4) is 0 Å². The maximum atomic E-state index is 11.9. The number of carbonyl (C=O) groups is 2. The van der Waals surface area contributed by atoms with E-state index in [0.717, 1.165) is 12.8 Å². The van der Waals surface area contributed by atoms with Crippen LogP contribution in [-0.4, -0.2) is 92.8 Å². The van der Waals surface area contributed by atoms with Crippen LogP contribution in [0.3, 0.4) is 0 Å². The quantitative estimate of drug-likeness (QED) is 0.169. The van der Waals surface area contributed by atoms with Crippen molar-refractivity contribution in [1.29, 1.82) is 0 Å². The van der Waals surface area contributed by atoms with Gasteiger partial charge in [-0.15, -0.1) is 0 Å². The van der Waals surface area contributed by atoms with Crippen molar-refractivity contribution < 1.29 is 34.8 Å². The molecular weight excluding hydrogens is 440 g/mol. The summed E-state index contributed by atoms with van der Waals surface area (Å²) in [6.07, 6.45) is -2.71. The summed E-state index contributed by atoms with van der Waals surface area (Å²) in [7, 11) is 0. The maximum Gasteiger partial charge on any atom is 0.321 e. The minimum Gasteiger partial charge on any atom is -0.394 e. The van der Waals surface area contributed by atoms with Gasteiger partial charge in [0.05, 0.1) is 6.61 Å². The highest BCUT2D eigenvalue weighted by Crippen LogP contribution is 2.19. The highest BCUT2D eigenvalue weighted by molar-refractivity contribution is 5.87. The second-order valence-corrected chi connectivity index (χ2v) is 7.70. The third-order valence-electron chi connectivity index (χ3n) is 4.98. The topological polar surface area (TPSA) is 218 Å². The number of carbonyl (C=O) groups excluding carboxylic acids is 2. The van der Waals surface area contributed by atoms with Crippen LogP contribution in [-0.2, 0) is 4.74 Å². The Morgan fingerprint density at radius 3 is 2.30 bits per heavy atom. The van der Waals surface area contributed by atoms with Gasteiger partial charge in [0, 0.05) is 24.8 Å². The molecule has 1 aliphatic rings. The molecule has 0 spiro atoms. The Balaban J connectivity index is 1.53. The molecule has 2 unspecified atom stereocenters. The minimum absolute atomic E-state index is 0.0735. The number of urea groups is 2. The van der Waals surface area contributed by atoms with Gasteiger partial charge in [0.1, 0.15) is 24.4 Å². The number of amides is 4. The third-order valence-corrected chi connectivity index (χ3v) is 4.98. The van der Waals surface area contributed by atoms with Crippen LogP contribution in [0, 0.1) is 6.92 Å². The molecule has 1 aliphatic heterocycles. The number of aliphatic hydroxyl groups is 4. The molecule has 14 heteroatoms. The van der Waals surface area contributed by atoms with Crippen LogP contribution in [0.15, 0.2) is 10.9 Å². The maximum absolute atomic E-state index is 11.9. The first-order valence-corrected chi connectivity index (χ1v) is 10.7. The molecule has 0 aromatic carbocycles. The number of hydrogen-bond donors (Lipinski definition) is 9. The highest BCUT2D eigenvalue weighted by Gasteiger charge is 2.44. The molecule has 33 heavy (non-hydrogen) atoms. The fraction of sp³-hybridized carbons (Fsp3) is 0.684. The largest absolute Gasteiger partial charge is 0.394 e. The van der Waals surface area contributed by atoms with Gasteiger partial charge in [0.2, 0.25) is 5.95 Å². The fourth-order valence-electron chi connectivity index (χ4n) is 3.25. The molecule has 0 bridgehead atoms. The van der Waals surface area contributed by atoms with E-state index in [1.165, 1.54) is 6.07 Å². The summed E-state index contributed by atoms with van der Waals surface area (Å²) >= 11 is 0. The van der Waals surface area contributed by atoms with Crippen LogP contribution in [0.4, 0.5) is 15.5 Å². The molecule has 2 heterocycles. The van der Waals surface area contributed by atoms with E-state index < -0.39 is 54.9 Å². The van der Waals surface area contributed by atoms with Crippen LogP contribution in [0.5, 0.6) is 0 Å². The molecule has 1 fully saturated rings. The molecule has 1 saturated heterocycles. The lowest BCUT2D eigenvalue weighted by Gasteiger charge is -2.40. The van der Waals surface area contributed by atoms with Gasteiger partial charge in [-0.3, -0.25) is 10.1 Å². The van der Waals surface area contributed by atoms with Crippen molar-refractivity contribution in [2.24, 2.45) is 0 Å². The van der Waals surface area contributed by atoms with Crippen LogP contribution < -0.4 is 26.8 Å². The van der Waals surface area contributed by atoms with E-state index in [1.54, 1.807) is 6.92 Å². The smallest absolute Gasteiger partial charge is 0.321 e. The highest BCUT2D eigenvalue weighted by atomic mass is 16.6. The second kappa shape index (κ2) is 13.1. The monoisotopic (exact) mass is 472 g/mol. The van der Waals surface area contributed by atoms with E-state index >= 15 is 0 Å². The first-order valence-electron chi connectivity index (χ1n) is 10.7. The number of ether oxygens (including phenoxy) is 1. The normalized spacial score (nSPS) is 24.7. The summed E-state index contributed by atoms with van der Waals surface area (Å²) < 4.78 is 4.97. The SMILES string of the molecule is Cc1cc(=O)nc(NC(=O)NCCCCCCNC(=O)N[C@H]2C(O)O[C@H](CO)C(O)[C@@H]2O)[nH]1. The number of aliphatic hydroxyl groups excluding tert-OH is 4. The molecule has 0 saturated carbocycles. The summed E-state index contributed by atoms with van der Waals surface area (Å²) in [5, 5.41) is 48.7. The number of aryl methyl sites for hydroxylation is 1. The van der Waals surface area contributed by atoms with Crippen LogP contribution in [0.25, 0.3) is 0 Å². The first-order chi connectivity index (χ1) is 15.7. The van der Waals surface area contributed by atoms with Crippen LogP contribution in [0.2, 0.25) is 0 Å². The summed E-state index contributed by atoms with van der Waals surface area (Å²) in [4.78, 5) is 41.5. The molecule has 5 atom stereocenters. The molecular formula is C19H32N6O8. The van der Waals surface area contributed by atoms with Crippen molar-refractivity contribution in [2.75, 3.05) is 25.0 Å². The lowest BCUT2D eigenvalue weighted by atomic mass is 9.97. The number of unbranched alkanes of at least 4 members (excludes halogenated alkanes) is 3. The first kappa shape index (κ1) is 26.5. The van der Waals surface area contributed by atoms with Crippen molar-refractivity contribution in [2.45, 2.75) is 63.3 Å². The Hall–Kier alpha value is -2.78. The predicted molar refractivity (Wildman–Crippen MR) is 115 cm³/mol. The van der Waals surface area contributed by atoms with E-state index in [2.05, 4.69) is 31.2 Å². The van der Waals surface area contributed by atoms with Crippen molar-refractivity contribution in [1.82, 2.24) is 25.9 Å². The number of anilines is 1. The second-order valence-electron chi connectivity index (χ2n) is 7.70.